The molecule has 0 bridgehead atoms. The van der Waals surface area contributed by atoms with Crippen LogP contribution >= 0.6 is 11.6 Å². The van der Waals surface area contributed by atoms with Crippen molar-refractivity contribution in [2.75, 3.05) is 13.2 Å². The average molecular weight is 277 g/mol. The molecule has 0 unspecified atom stereocenters. The third-order valence-electron chi connectivity index (χ3n) is 2.60. The van der Waals surface area contributed by atoms with Crippen LogP contribution in [0.25, 0.3) is 0 Å². The molecule has 2 aromatic rings. The molecule has 0 atom stereocenters. The van der Waals surface area contributed by atoms with Gasteiger partial charge in [-0.2, -0.15) is 0 Å². The van der Waals surface area contributed by atoms with Gasteiger partial charge in [-0.05, 0) is 36.4 Å². The Morgan fingerprint density at radius 1 is 1.11 bits per heavy atom. The number of benzene rings is 2. The molecule has 0 fully saturated rings. The molecule has 0 spiro atoms. The van der Waals surface area contributed by atoms with Gasteiger partial charge in [-0.25, -0.2) is 0 Å². The van der Waals surface area contributed by atoms with Gasteiger partial charge in [0.2, 0.25) is 0 Å². The highest BCUT2D eigenvalue weighted by molar-refractivity contribution is 6.34. The minimum absolute atomic E-state index is 0.0414. The minimum atomic E-state index is -0.126. The zero-order valence-corrected chi connectivity index (χ0v) is 10.9. The number of aliphatic hydroxyl groups excluding tert-OH is 1. The van der Waals surface area contributed by atoms with Crippen LogP contribution in [-0.4, -0.2) is 24.1 Å². The van der Waals surface area contributed by atoms with Crippen molar-refractivity contribution < 1.29 is 14.6 Å². The Morgan fingerprint density at radius 3 is 2.42 bits per heavy atom. The molecule has 0 radical (unpaired) electrons. The van der Waals surface area contributed by atoms with Crippen LogP contribution in [0, 0.1) is 0 Å². The Bertz CT molecular complexity index is 564. The second-order valence-electron chi connectivity index (χ2n) is 3.91. The van der Waals surface area contributed by atoms with Crippen LogP contribution in [0.2, 0.25) is 5.02 Å². The minimum Gasteiger partial charge on any atom is -0.491 e. The van der Waals surface area contributed by atoms with E-state index in [9.17, 15) is 4.79 Å². The molecule has 0 heterocycles. The quantitative estimate of drug-likeness (QED) is 0.854. The Morgan fingerprint density at radius 2 is 1.79 bits per heavy atom. The second-order valence-corrected chi connectivity index (χ2v) is 4.31. The lowest BCUT2D eigenvalue weighted by atomic mass is 10.0. The molecule has 0 aromatic heterocycles. The number of rotatable bonds is 5. The first-order valence-electron chi connectivity index (χ1n) is 5.85. The summed E-state index contributed by atoms with van der Waals surface area (Å²) in [5.41, 5.74) is 1.03. The number of aliphatic hydroxyl groups is 1. The monoisotopic (exact) mass is 276 g/mol. The number of hydrogen-bond donors (Lipinski definition) is 1. The predicted molar refractivity (Wildman–Crippen MR) is 73.9 cm³/mol. The van der Waals surface area contributed by atoms with Gasteiger partial charge >= 0.3 is 0 Å². The zero-order valence-electron chi connectivity index (χ0n) is 10.2. The van der Waals surface area contributed by atoms with Gasteiger partial charge < -0.3 is 9.84 Å². The van der Waals surface area contributed by atoms with Gasteiger partial charge in [0, 0.05) is 11.1 Å². The molecular weight excluding hydrogens is 264 g/mol. The summed E-state index contributed by atoms with van der Waals surface area (Å²) in [5.74, 6) is 0.490. The first-order valence-corrected chi connectivity index (χ1v) is 6.23. The van der Waals surface area contributed by atoms with Crippen molar-refractivity contribution in [1.29, 1.82) is 0 Å². The Hall–Kier alpha value is -1.84. The molecule has 3 nitrogen and oxygen atoms in total. The normalized spacial score (nSPS) is 10.2. The molecule has 0 saturated carbocycles. The summed E-state index contributed by atoms with van der Waals surface area (Å²) in [7, 11) is 0. The van der Waals surface area contributed by atoms with Crippen LogP contribution in [0.1, 0.15) is 15.9 Å². The van der Waals surface area contributed by atoms with Gasteiger partial charge in [-0.3, -0.25) is 4.79 Å². The number of carbonyl (C=O) groups excluding carboxylic acids is 1. The number of halogens is 1. The number of carbonyl (C=O) groups is 1. The summed E-state index contributed by atoms with van der Waals surface area (Å²) < 4.78 is 5.23. The van der Waals surface area contributed by atoms with Crippen LogP contribution < -0.4 is 4.74 Å². The van der Waals surface area contributed by atoms with Crippen LogP contribution in [-0.2, 0) is 0 Å². The molecule has 0 aliphatic carbocycles. The summed E-state index contributed by atoms with van der Waals surface area (Å²) in [6.45, 7) is 0.193. The van der Waals surface area contributed by atoms with Crippen LogP contribution in [0.3, 0.4) is 0 Å². The predicted octanol–water partition coefficient (Wildman–Crippen LogP) is 2.94. The van der Waals surface area contributed by atoms with Gasteiger partial charge in [0.15, 0.2) is 5.78 Å². The molecule has 0 aliphatic rings. The molecule has 2 aromatic carbocycles. The summed E-state index contributed by atoms with van der Waals surface area (Å²) in [5, 5.41) is 9.09. The van der Waals surface area contributed by atoms with E-state index < -0.39 is 0 Å². The van der Waals surface area contributed by atoms with Crippen molar-refractivity contribution in [3.8, 4) is 5.75 Å². The van der Waals surface area contributed by atoms with Crippen molar-refractivity contribution >= 4 is 17.4 Å². The fourth-order valence-electron chi connectivity index (χ4n) is 1.67. The molecule has 0 saturated heterocycles. The molecular formula is C15H13ClO3. The van der Waals surface area contributed by atoms with Crippen molar-refractivity contribution in [3.05, 3.63) is 64.7 Å². The van der Waals surface area contributed by atoms with Crippen molar-refractivity contribution in [2.45, 2.75) is 0 Å². The lowest BCUT2D eigenvalue weighted by Crippen LogP contribution is -2.04. The van der Waals surface area contributed by atoms with Gasteiger partial charge in [0.05, 0.1) is 11.6 Å². The second kappa shape index (κ2) is 6.36. The van der Waals surface area contributed by atoms with Crippen LogP contribution in [0.15, 0.2) is 48.5 Å². The standard InChI is InChI=1S/C15H13ClO3/c16-14-4-2-1-3-13(14)15(18)11-5-7-12(8-6-11)19-10-9-17/h1-8,17H,9-10H2. The smallest absolute Gasteiger partial charge is 0.194 e. The highest BCUT2D eigenvalue weighted by atomic mass is 35.5. The largest absolute Gasteiger partial charge is 0.491 e. The van der Waals surface area contributed by atoms with E-state index >= 15 is 0 Å². The van der Waals surface area contributed by atoms with E-state index in [1.165, 1.54) is 0 Å². The van der Waals surface area contributed by atoms with Gasteiger partial charge in [-0.15, -0.1) is 0 Å². The molecule has 0 amide bonds. The topological polar surface area (TPSA) is 46.5 Å². The maximum absolute atomic E-state index is 12.2. The third-order valence-corrected chi connectivity index (χ3v) is 2.92. The summed E-state index contributed by atoms with van der Waals surface area (Å²) in [6, 6.07) is 13.7. The fraction of sp³-hybridized carbons (Fsp3) is 0.133. The van der Waals surface area contributed by atoms with Gasteiger partial charge in [0.1, 0.15) is 12.4 Å². The molecule has 1 N–H and O–H groups in total. The van der Waals surface area contributed by atoms with Crippen molar-refractivity contribution in [2.24, 2.45) is 0 Å². The van der Waals surface area contributed by atoms with E-state index in [1.807, 2.05) is 0 Å². The zero-order chi connectivity index (χ0) is 13.7. The van der Waals surface area contributed by atoms with Crippen molar-refractivity contribution in [1.82, 2.24) is 0 Å². The highest BCUT2D eigenvalue weighted by Gasteiger charge is 2.12. The average Bonchev–Trinajstić information content (AvgIpc) is 2.45. The summed E-state index contributed by atoms with van der Waals surface area (Å²) >= 11 is 6.00. The van der Waals surface area contributed by atoms with E-state index in [2.05, 4.69) is 0 Å². The molecule has 4 heteroatoms. The first-order chi connectivity index (χ1) is 9.22. The third kappa shape index (κ3) is 3.34. The van der Waals surface area contributed by atoms with Crippen LogP contribution in [0.4, 0.5) is 0 Å². The molecule has 19 heavy (non-hydrogen) atoms. The molecule has 98 valence electrons. The Labute approximate surface area is 116 Å². The lowest BCUT2D eigenvalue weighted by Gasteiger charge is -2.06. The van der Waals surface area contributed by atoms with E-state index in [1.54, 1.807) is 48.5 Å². The molecule has 0 aliphatic heterocycles. The van der Waals surface area contributed by atoms with Gasteiger partial charge in [0.25, 0.3) is 0 Å². The highest BCUT2D eigenvalue weighted by Crippen LogP contribution is 2.20. The number of hydrogen-bond acceptors (Lipinski definition) is 3. The Kier molecular flexibility index (Phi) is 4.55. The fourth-order valence-corrected chi connectivity index (χ4v) is 1.89. The number of ketones is 1. The first kappa shape index (κ1) is 13.6. The van der Waals surface area contributed by atoms with Gasteiger partial charge in [-0.1, -0.05) is 23.7 Å². The van der Waals surface area contributed by atoms with E-state index in [4.69, 9.17) is 21.4 Å². The number of ether oxygens (including phenoxy) is 1. The maximum Gasteiger partial charge on any atom is 0.194 e. The SMILES string of the molecule is O=C(c1ccc(OCCO)cc1)c1ccccc1Cl. The van der Waals surface area contributed by atoms with Crippen molar-refractivity contribution in [3.63, 3.8) is 0 Å². The van der Waals surface area contributed by atoms with E-state index in [-0.39, 0.29) is 19.0 Å². The summed E-state index contributed by atoms with van der Waals surface area (Å²) in [4.78, 5) is 12.2. The maximum atomic E-state index is 12.2. The molecule has 2 rings (SSSR count). The van der Waals surface area contributed by atoms with E-state index in [0.717, 1.165) is 0 Å². The van der Waals surface area contributed by atoms with Crippen LogP contribution in [0.5, 0.6) is 5.75 Å². The van der Waals surface area contributed by atoms with E-state index in [0.29, 0.717) is 21.9 Å². The summed E-state index contributed by atoms with van der Waals surface area (Å²) in [6.07, 6.45) is 0. The Balaban J connectivity index is 2.18. The lowest BCUT2D eigenvalue weighted by molar-refractivity contribution is 0.103.